The van der Waals surface area contributed by atoms with E-state index in [2.05, 4.69) is 15.6 Å². The van der Waals surface area contributed by atoms with Crippen LogP contribution in [0.15, 0.2) is 79.0 Å². The van der Waals surface area contributed by atoms with E-state index in [0.29, 0.717) is 25.4 Å². The molecule has 154 valence electrons. The Hall–Kier alpha value is -3.18. The van der Waals surface area contributed by atoms with Crippen molar-refractivity contribution in [2.45, 2.75) is 6.92 Å². The predicted octanol–water partition coefficient (Wildman–Crippen LogP) is 5.27. The van der Waals surface area contributed by atoms with Crippen molar-refractivity contribution < 1.29 is 9.59 Å². The molecule has 1 aromatic heterocycles. The van der Waals surface area contributed by atoms with E-state index in [0.717, 1.165) is 16.7 Å². The maximum atomic E-state index is 12.7. The molecule has 0 aliphatic heterocycles. The molecule has 0 atom stereocenters. The Morgan fingerprint density at radius 3 is 2.39 bits per heavy atom. The number of aromatic nitrogens is 1. The number of anilines is 2. The fourth-order valence-corrected chi connectivity index (χ4v) is 4.79. The molecule has 0 fully saturated rings. The Labute approximate surface area is 190 Å². The van der Waals surface area contributed by atoms with Gasteiger partial charge in [-0.25, -0.2) is 0 Å². The third kappa shape index (κ3) is 4.94. The summed E-state index contributed by atoms with van der Waals surface area (Å²) in [5.74, 6) is -0.523. The standard InChI is InChI=1S/C24H18ClN3O2Se/c1-15-7-5-12-19(25)21(15)27-23(30)20-14-26-24(31-20)28-22(29)18-11-6-10-17(13-18)16-8-3-2-4-9-16/h2-14H,1H3,(H,27,30)(H,26,28,29). The first-order valence-electron chi connectivity index (χ1n) is 9.50. The molecule has 4 rings (SSSR count). The van der Waals surface area contributed by atoms with Crippen molar-refractivity contribution in [3.05, 3.63) is 99.6 Å². The second-order valence-corrected chi connectivity index (χ2v) is 9.39. The zero-order chi connectivity index (χ0) is 21.8. The summed E-state index contributed by atoms with van der Waals surface area (Å²) in [6.07, 6.45) is 1.50. The van der Waals surface area contributed by atoms with Gasteiger partial charge in [0.2, 0.25) is 0 Å². The molecule has 3 aromatic carbocycles. The fourth-order valence-electron chi connectivity index (χ4n) is 3.04. The van der Waals surface area contributed by atoms with Gasteiger partial charge in [0.25, 0.3) is 0 Å². The molecule has 0 aliphatic rings. The molecule has 2 N–H and O–H groups in total. The van der Waals surface area contributed by atoms with Gasteiger partial charge in [-0.15, -0.1) is 0 Å². The molecule has 1 heterocycles. The van der Waals surface area contributed by atoms with Crippen LogP contribution in [0.1, 0.15) is 25.2 Å². The van der Waals surface area contributed by atoms with Crippen LogP contribution < -0.4 is 10.6 Å². The molecule has 0 unspecified atom stereocenters. The van der Waals surface area contributed by atoms with E-state index in [1.807, 2.05) is 67.6 Å². The zero-order valence-corrected chi connectivity index (χ0v) is 19.0. The molecule has 0 bridgehead atoms. The van der Waals surface area contributed by atoms with Crippen molar-refractivity contribution in [3.8, 4) is 11.1 Å². The molecule has 0 radical (unpaired) electrons. The molecular formula is C24H18ClN3O2Se. The van der Waals surface area contributed by atoms with Crippen molar-refractivity contribution in [1.82, 2.24) is 4.98 Å². The van der Waals surface area contributed by atoms with Gasteiger partial charge < -0.3 is 0 Å². The van der Waals surface area contributed by atoms with E-state index in [1.54, 1.807) is 12.1 Å². The third-order valence-corrected chi connectivity index (χ3v) is 6.87. The molecule has 2 amide bonds. The van der Waals surface area contributed by atoms with Gasteiger partial charge in [-0.2, -0.15) is 0 Å². The van der Waals surface area contributed by atoms with E-state index in [9.17, 15) is 9.59 Å². The van der Waals surface area contributed by atoms with Crippen LogP contribution in [0.25, 0.3) is 11.1 Å². The first kappa shape index (κ1) is 21.1. The molecule has 0 aliphatic carbocycles. The Morgan fingerprint density at radius 2 is 1.61 bits per heavy atom. The number of para-hydroxylation sites is 1. The normalized spacial score (nSPS) is 10.5. The Morgan fingerprint density at radius 1 is 0.871 bits per heavy atom. The summed E-state index contributed by atoms with van der Waals surface area (Å²) in [6.45, 7) is 1.88. The van der Waals surface area contributed by atoms with E-state index < -0.39 is 14.5 Å². The molecule has 7 heteroatoms. The van der Waals surface area contributed by atoms with Crippen LogP contribution in [-0.2, 0) is 0 Å². The molecule has 0 saturated carbocycles. The summed E-state index contributed by atoms with van der Waals surface area (Å²) >= 11 is 5.78. The van der Waals surface area contributed by atoms with Crippen molar-refractivity contribution in [2.75, 3.05) is 10.6 Å². The van der Waals surface area contributed by atoms with E-state index >= 15 is 0 Å². The van der Waals surface area contributed by atoms with Gasteiger partial charge in [0.05, 0.1) is 0 Å². The number of carbonyl (C=O) groups excluding carboxylic acids is 2. The number of rotatable bonds is 5. The predicted molar refractivity (Wildman–Crippen MR) is 125 cm³/mol. The number of halogens is 1. The van der Waals surface area contributed by atoms with Crippen molar-refractivity contribution in [1.29, 1.82) is 0 Å². The topological polar surface area (TPSA) is 71.1 Å². The fraction of sp³-hybridized carbons (Fsp3) is 0.0417. The van der Waals surface area contributed by atoms with E-state index in [4.69, 9.17) is 11.6 Å². The quantitative estimate of drug-likeness (QED) is 0.371. The molecule has 31 heavy (non-hydrogen) atoms. The van der Waals surface area contributed by atoms with Crippen LogP contribution in [0.5, 0.6) is 0 Å². The minimum atomic E-state index is -0.411. The second kappa shape index (κ2) is 9.31. The summed E-state index contributed by atoms with van der Waals surface area (Å²) < 4.78 is 1.00. The van der Waals surface area contributed by atoms with Crippen LogP contribution in [-0.4, -0.2) is 31.3 Å². The summed E-state index contributed by atoms with van der Waals surface area (Å²) in [5, 5.41) is 6.15. The number of nitrogens with zero attached hydrogens (tertiary/aromatic N) is 1. The third-order valence-electron chi connectivity index (χ3n) is 4.64. The van der Waals surface area contributed by atoms with Gasteiger partial charge in [0.1, 0.15) is 0 Å². The van der Waals surface area contributed by atoms with Crippen molar-refractivity contribution in [2.24, 2.45) is 0 Å². The number of carbonyl (C=O) groups is 2. The molecule has 0 spiro atoms. The molecular weight excluding hydrogens is 477 g/mol. The number of hydrogen-bond donors (Lipinski definition) is 2. The van der Waals surface area contributed by atoms with Crippen LogP contribution in [0, 0.1) is 6.92 Å². The van der Waals surface area contributed by atoms with Crippen LogP contribution in [0.3, 0.4) is 0 Å². The summed E-state index contributed by atoms with van der Waals surface area (Å²) in [7, 11) is 0. The van der Waals surface area contributed by atoms with E-state index in [1.165, 1.54) is 6.20 Å². The number of benzene rings is 3. The van der Waals surface area contributed by atoms with Gasteiger partial charge >= 0.3 is 191 Å². The summed E-state index contributed by atoms with van der Waals surface area (Å²) in [6, 6.07) is 22.7. The zero-order valence-electron chi connectivity index (χ0n) is 16.6. The van der Waals surface area contributed by atoms with Crippen molar-refractivity contribution >= 4 is 48.3 Å². The van der Waals surface area contributed by atoms with Crippen molar-refractivity contribution in [3.63, 3.8) is 0 Å². The Balaban J connectivity index is 1.47. The number of aryl methyl sites for hydroxylation is 1. The molecule has 5 nitrogen and oxygen atoms in total. The second-order valence-electron chi connectivity index (χ2n) is 6.82. The summed E-state index contributed by atoms with van der Waals surface area (Å²) in [4.78, 5) is 29.6. The van der Waals surface area contributed by atoms with E-state index in [-0.39, 0.29) is 11.8 Å². The van der Waals surface area contributed by atoms with Crippen LogP contribution in [0.4, 0.5) is 10.4 Å². The van der Waals surface area contributed by atoms with Gasteiger partial charge in [-0.3, -0.25) is 0 Å². The van der Waals surface area contributed by atoms with Crippen LogP contribution >= 0.6 is 11.6 Å². The first-order chi connectivity index (χ1) is 15.0. The SMILES string of the molecule is Cc1cccc(Cl)c1NC(=O)c1cnc(NC(=O)c2cccc(-c3ccccc3)c2)[se]1. The van der Waals surface area contributed by atoms with Crippen LogP contribution in [0.2, 0.25) is 5.02 Å². The van der Waals surface area contributed by atoms with Gasteiger partial charge in [0.15, 0.2) is 0 Å². The first-order valence-corrected chi connectivity index (χ1v) is 11.6. The molecule has 4 aromatic rings. The minimum absolute atomic E-state index is 0.254. The Kier molecular flexibility index (Phi) is 6.33. The average molecular weight is 495 g/mol. The maximum absolute atomic E-state index is 12.7. The van der Waals surface area contributed by atoms with Gasteiger partial charge in [-0.05, 0) is 0 Å². The summed E-state index contributed by atoms with van der Waals surface area (Å²) in [5.41, 5.74) is 3.99. The van der Waals surface area contributed by atoms with Gasteiger partial charge in [-0.1, -0.05) is 0 Å². The average Bonchev–Trinajstić information content (AvgIpc) is 3.25. The number of hydrogen-bond acceptors (Lipinski definition) is 3. The molecule has 0 saturated heterocycles. The Bertz CT molecular complexity index is 1230. The number of amides is 2. The van der Waals surface area contributed by atoms with Gasteiger partial charge in [0, 0.05) is 0 Å². The monoisotopic (exact) mass is 495 g/mol. The number of nitrogens with one attached hydrogen (secondary N) is 2.